The van der Waals surface area contributed by atoms with E-state index in [2.05, 4.69) is 6.07 Å². The summed E-state index contributed by atoms with van der Waals surface area (Å²) in [7, 11) is 0. The Bertz CT molecular complexity index is 572. The summed E-state index contributed by atoms with van der Waals surface area (Å²) in [5.41, 5.74) is 1.70. The third-order valence-electron chi connectivity index (χ3n) is 4.15. The first-order valence-electron chi connectivity index (χ1n) is 6.59. The Morgan fingerprint density at radius 3 is 2.84 bits per heavy atom. The van der Waals surface area contributed by atoms with Crippen LogP contribution in [0.15, 0.2) is 18.2 Å². The monoisotopic (exact) mass is 258 g/mol. The lowest BCUT2D eigenvalue weighted by Gasteiger charge is -2.32. The number of carbonyl (C=O) groups is 1. The van der Waals surface area contributed by atoms with E-state index in [-0.39, 0.29) is 17.1 Å². The van der Waals surface area contributed by atoms with Crippen molar-refractivity contribution >= 4 is 11.6 Å². The van der Waals surface area contributed by atoms with Crippen molar-refractivity contribution in [3.63, 3.8) is 0 Å². The van der Waals surface area contributed by atoms with E-state index in [0.29, 0.717) is 25.8 Å². The number of rotatable bonds is 3. The summed E-state index contributed by atoms with van der Waals surface area (Å²) in [6, 6.07) is 6.80. The maximum absolute atomic E-state index is 13.2. The van der Waals surface area contributed by atoms with Crippen molar-refractivity contribution in [2.75, 3.05) is 11.4 Å². The topological polar surface area (TPSA) is 44.1 Å². The molecule has 1 aromatic rings. The van der Waals surface area contributed by atoms with E-state index in [4.69, 9.17) is 5.26 Å². The molecule has 1 heterocycles. The lowest BCUT2D eigenvalue weighted by molar-refractivity contribution is -0.119. The van der Waals surface area contributed by atoms with Crippen LogP contribution in [0, 0.1) is 22.6 Å². The number of benzene rings is 1. The quantitative estimate of drug-likeness (QED) is 0.836. The molecular weight excluding hydrogens is 243 g/mol. The molecule has 0 unspecified atom stereocenters. The molecule has 2 aliphatic rings. The van der Waals surface area contributed by atoms with Gasteiger partial charge in [-0.25, -0.2) is 4.39 Å². The van der Waals surface area contributed by atoms with Crippen LogP contribution in [0.4, 0.5) is 10.1 Å². The van der Waals surface area contributed by atoms with Crippen LogP contribution in [-0.2, 0) is 11.2 Å². The molecule has 1 aliphatic heterocycles. The van der Waals surface area contributed by atoms with Crippen molar-refractivity contribution in [3.05, 3.63) is 29.6 Å². The molecule has 1 aromatic carbocycles. The van der Waals surface area contributed by atoms with E-state index in [1.807, 2.05) is 0 Å². The van der Waals surface area contributed by atoms with Gasteiger partial charge in [-0.3, -0.25) is 4.79 Å². The lowest BCUT2D eigenvalue weighted by atomic mass is 9.97. The first-order chi connectivity index (χ1) is 9.13. The SMILES string of the molecule is N#CCC1(CN2C(=O)CCc3cc(F)ccc32)CC1. The van der Waals surface area contributed by atoms with Crippen molar-refractivity contribution in [1.82, 2.24) is 0 Å². The Morgan fingerprint density at radius 1 is 1.37 bits per heavy atom. The molecule has 0 aromatic heterocycles. The van der Waals surface area contributed by atoms with E-state index >= 15 is 0 Å². The highest BCUT2D eigenvalue weighted by Gasteiger charge is 2.45. The summed E-state index contributed by atoms with van der Waals surface area (Å²) < 4.78 is 13.2. The summed E-state index contributed by atoms with van der Waals surface area (Å²) in [4.78, 5) is 13.9. The van der Waals surface area contributed by atoms with Gasteiger partial charge in [0.05, 0.1) is 6.07 Å². The van der Waals surface area contributed by atoms with Gasteiger partial charge in [0.15, 0.2) is 0 Å². The van der Waals surface area contributed by atoms with Crippen molar-refractivity contribution in [2.24, 2.45) is 5.41 Å². The Morgan fingerprint density at radius 2 is 2.16 bits per heavy atom. The predicted octanol–water partition coefficient (Wildman–Crippen LogP) is 2.80. The van der Waals surface area contributed by atoms with Crippen molar-refractivity contribution in [3.8, 4) is 6.07 Å². The van der Waals surface area contributed by atoms with Gasteiger partial charge < -0.3 is 4.90 Å². The van der Waals surface area contributed by atoms with E-state index in [0.717, 1.165) is 24.1 Å². The fourth-order valence-electron chi connectivity index (χ4n) is 2.77. The predicted molar refractivity (Wildman–Crippen MR) is 69.0 cm³/mol. The van der Waals surface area contributed by atoms with Crippen molar-refractivity contribution in [2.45, 2.75) is 32.1 Å². The van der Waals surface area contributed by atoms with Gasteiger partial charge in [0.25, 0.3) is 0 Å². The first-order valence-corrected chi connectivity index (χ1v) is 6.59. The molecule has 0 N–H and O–H groups in total. The Balaban J connectivity index is 1.89. The van der Waals surface area contributed by atoms with Gasteiger partial charge in [0.1, 0.15) is 5.82 Å². The average molecular weight is 258 g/mol. The van der Waals surface area contributed by atoms with Gasteiger partial charge >= 0.3 is 0 Å². The van der Waals surface area contributed by atoms with Crippen LogP contribution in [0.2, 0.25) is 0 Å². The molecule has 0 saturated heterocycles. The molecule has 0 radical (unpaired) electrons. The minimum atomic E-state index is -0.258. The third-order valence-corrected chi connectivity index (χ3v) is 4.15. The van der Waals surface area contributed by atoms with Crippen LogP contribution in [0.3, 0.4) is 0 Å². The molecule has 1 amide bonds. The Kier molecular flexibility index (Phi) is 2.78. The normalized spacial score (nSPS) is 19.8. The molecule has 0 bridgehead atoms. The molecule has 3 nitrogen and oxygen atoms in total. The third kappa shape index (κ3) is 2.21. The zero-order valence-electron chi connectivity index (χ0n) is 10.7. The van der Waals surface area contributed by atoms with Gasteiger partial charge in [-0.05, 0) is 43.0 Å². The average Bonchev–Trinajstić information content (AvgIpc) is 3.13. The Hall–Kier alpha value is -1.89. The summed E-state index contributed by atoms with van der Waals surface area (Å²) in [5, 5.41) is 8.87. The van der Waals surface area contributed by atoms with Crippen LogP contribution < -0.4 is 4.90 Å². The number of halogens is 1. The number of nitrogens with zero attached hydrogens (tertiary/aromatic N) is 2. The second kappa shape index (κ2) is 4.34. The minimum Gasteiger partial charge on any atom is -0.312 e. The van der Waals surface area contributed by atoms with Crippen molar-refractivity contribution in [1.29, 1.82) is 5.26 Å². The first kappa shape index (κ1) is 12.2. The smallest absolute Gasteiger partial charge is 0.227 e. The second-order valence-corrected chi connectivity index (χ2v) is 5.59. The number of hydrogen-bond acceptors (Lipinski definition) is 2. The molecular formula is C15H15FN2O. The molecule has 4 heteroatoms. The number of aryl methyl sites for hydroxylation is 1. The summed E-state index contributed by atoms with van der Waals surface area (Å²) >= 11 is 0. The van der Waals surface area contributed by atoms with Crippen LogP contribution in [0.5, 0.6) is 0 Å². The van der Waals surface area contributed by atoms with Gasteiger partial charge in [0, 0.05) is 30.5 Å². The summed E-state index contributed by atoms with van der Waals surface area (Å²) in [6.07, 6.45) is 3.53. The number of amides is 1. The van der Waals surface area contributed by atoms with Crippen LogP contribution in [0.25, 0.3) is 0 Å². The maximum atomic E-state index is 13.2. The summed E-state index contributed by atoms with van der Waals surface area (Å²) in [6.45, 7) is 0.595. The minimum absolute atomic E-state index is 0.0204. The molecule has 0 spiro atoms. The largest absolute Gasteiger partial charge is 0.312 e. The van der Waals surface area contributed by atoms with E-state index in [9.17, 15) is 9.18 Å². The van der Waals surface area contributed by atoms with Crippen LogP contribution in [-0.4, -0.2) is 12.5 Å². The second-order valence-electron chi connectivity index (χ2n) is 5.59. The molecule has 1 fully saturated rings. The van der Waals surface area contributed by atoms with Crippen LogP contribution >= 0.6 is 0 Å². The highest BCUT2D eigenvalue weighted by Crippen LogP contribution is 2.50. The van der Waals surface area contributed by atoms with Gasteiger partial charge in [-0.1, -0.05) is 0 Å². The summed E-state index contributed by atoms with van der Waals surface area (Å²) in [5.74, 6) is -0.172. The molecule has 1 aliphatic carbocycles. The van der Waals surface area contributed by atoms with Crippen molar-refractivity contribution < 1.29 is 9.18 Å². The molecule has 98 valence electrons. The molecule has 19 heavy (non-hydrogen) atoms. The number of hydrogen-bond donors (Lipinski definition) is 0. The zero-order valence-corrected chi connectivity index (χ0v) is 10.7. The van der Waals surface area contributed by atoms with Gasteiger partial charge in [0.2, 0.25) is 5.91 Å². The van der Waals surface area contributed by atoms with Gasteiger partial charge in [-0.2, -0.15) is 5.26 Å². The zero-order chi connectivity index (χ0) is 13.5. The fourth-order valence-corrected chi connectivity index (χ4v) is 2.77. The molecule has 0 atom stereocenters. The Labute approximate surface area is 111 Å². The number of anilines is 1. The number of fused-ring (bicyclic) bond motifs is 1. The lowest BCUT2D eigenvalue weighted by Crippen LogP contribution is -2.39. The molecule has 3 rings (SSSR count). The maximum Gasteiger partial charge on any atom is 0.227 e. The van der Waals surface area contributed by atoms with Crippen LogP contribution in [0.1, 0.15) is 31.2 Å². The number of nitriles is 1. The van der Waals surface area contributed by atoms with Gasteiger partial charge in [-0.15, -0.1) is 0 Å². The van der Waals surface area contributed by atoms with E-state index in [1.165, 1.54) is 12.1 Å². The molecule has 1 saturated carbocycles. The number of carbonyl (C=O) groups excluding carboxylic acids is 1. The standard InChI is InChI=1S/C15H15FN2O/c16-12-2-3-13-11(9-12)1-4-14(19)18(13)10-15(5-6-15)7-8-17/h2-3,9H,1,4-7,10H2. The highest BCUT2D eigenvalue weighted by molar-refractivity contribution is 5.96. The van der Waals surface area contributed by atoms with E-state index < -0.39 is 0 Å². The fraction of sp³-hybridized carbons (Fsp3) is 0.467. The highest BCUT2D eigenvalue weighted by atomic mass is 19.1. The van der Waals surface area contributed by atoms with E-state index in [1.54, 1.807) is 11.0 Å².